The lowest BCUT2D eigenvalue weighted by atomic mass is 9.67. The molecule has 0 atom stereocenters. The second kappa shape index (κ2) is 11.6. The van der Waals surface area contributed by atoms with Gasteiger partial charge in [0.15, 0.2) is 0 Å². The second-order valence-corrected chi connectivity index (χ2v) is 9.43. The fraction of sp³-hybridized carbons (Fsp3) is 1.00. The molecule has 0 heterocycles. The van der Waals surface area contributed by atoms with Crippen LogP contribution in [-0.2, 0) is 0 Å². The lowest BCUT2D eigenvalue weighted by Crippen LogP contribution is -2.33. The van der Waals surface area contributed by atoms with Gasteiger partial charge in [-0.25, -0.2) is 4.39 Å². The van der Waals surface area contributed by atoms with Crippen molar-refractivity contribution in [2.45, 2.75) is 135 Å². The average molecular weight is 353 g/mol. The number of hydrogen-bond acceptors (Lipinski definition) is 0. The summed E-state index contributed by atoms with van der Waals surface area (Å²) in [5.74, 6) is 2.78. The monoisotopic (exact) mass is 352 g/mol. The van der Waals surface area contributed by atoms with Crippen molar-refractivity contribution >= 4 is 0 Å². The van der Waals surface area contributed by atoms with Crippen LogP contribution in [0.4, 0.5) is 4.39 Å². The Hall–Kier alpha value is -0.0700. The van der Waals surface area contributed by atoms with Crippen LogP contribution in [0.15, 0.2) is 0 Å². The Kier molecular flexibility index (Phi) is 9.85. The first-order valence-electron chi connectivity index (χ1n) is 11.9. The highest BCUT2D eigenvalue weighted by atomic mass is 19.1. The zero-order valence-corrected chi connectivity index (χ0v) is 17.3. The molecular weight excluding hydrogens is 307 g/mol. The van der Waals surface area contributed by atoms with E-state index in [4.69, 9.17) is 0 Å². The molecule has 0 unspecified atom stereocenters. The Morgan fingerprint density at radius 1 is 0.680 bits per heavy atom. The Morgan fingerprint density at radius 2 is 1.24 bits per heavy atom. The summed E-state index contributed by atoms with van der Waals surface area (Å²) in [5.41, 5.74) is -0.805. The predicted molar refractivity (Wildman–Crippen MR) is 109 cm³/mol. The van der Waals surface area contributed by atoms with Crippen LogP contribution in [-0.4, -0.2) is 5.67 Å². The van der Waals surface area contributed by atoms with Crippen LogP contribution in [0.25, 0.3) is 0 Å². The number of halogens is 1. The van der Waals surface area contributed by atoms with Gasteiger partial charge in [0.25, 0.3) is 0 Å². The van der Waals surface area contributed by atoms with Gasteiger partial charge in [-0.3, -0.25) is 0 Å². The van der Waals surface area contributed by atoms with Crippen LogP contribution in [0.1, 0.15) is 129 Å². The van der Waals surface area contributed by atoms with Crippen molar-refractivity contribution < 1.29 is 4.39 Å². The maximum atomic E-state index is 15.1. The molecule has 0 bridgehead atoms. The van der Waals surface area contributed by atoms with E-state index < -0.39 is 5.67 Å². The molecule has 2 fully saturated rings. The summed E-state index contributed by atoms with van der Waals surface area (Å²) in [6, 6.07) is 0. The molecule has 0 N–H and O–H groups in total. The molecule has 1 heteroatoms. The molecule has 0 amide bonds. The third-order valence-corrected chi connectivity index (χ3v) is 7.43. The zero-order chi connectivity index (χ0) is 18.0. The molecule has 0 nitrogen and oxygen atoms in total. The standard InChI is InChI=1S/C24H45F/c1-3-5-7-8-10-18-24(25)19-16-23(17-20-24)22-14-12-21(13-15-22)11-9-6-4-2/h21-23H,3-20H2,1-2H3. The van der Waals surface area contributed by atoms with Crippen LogP contribution in [0.2, 0.25) is 0 Å². The first-order valence-corrected chi connectivity index (χ1v) is 11.9. The lowest BCUT2D eigenvalue weighted by Gasteiger charge is -2.40. The molecule has 148 valence electrons. The molecule has 2 aliphatic rings. The first kappa shape index (κ1) is 21.2. The Labute approximate surface area is 157 Å². The van der Waals surface area contributed by atoms with Crippen molar-refractivity contribution in [3.8, 4) is 0 Å². The van der Waals surface area contributed by atoms with E-state index in [-0.39, 0.29) is 0 Å². The minimum atomic E-state index is -0.805. The topological polar surface area (TPSA) is 0 Å². The predicted octanol–water partition coefficient (Wildman–Crippen LogP) is 8.63. The van der Waals surface area contributed by atoms with E-state index in [0.29, 0.717) is 0 Å². The van der Waals surface area contributed by atoms with Crippen LogP contribution >= 0.6 is 0 Å². The molecule has 0 aromatic heterocycles. The maximum Gasteiger partial charge on any atom is 0.111 e. The van der Waals surface area contributed by atoms with Gasteiger partial charge < -0.3 is 0 Å². The summed E-state index contributed by atoms with van der Waals surface area (Å²) in [4.78, 5) is 0. The quantitative estimate of drug-likeness (QED) is 0.326. The molecule has 25 heavy (non-hydrogen) atoms. The van der Waals surface area contributed by atoms with Crippen LogP contribution in [0.5, 0.6) is 0 Å². The fourth-order valence-electron chi connectivity index (χ4n) is 5.56. The Morgan fingerprint density at radius 3 is 1.88 bits per heavy atom. The molecule has 2 aliphatic carbocycles. The van der Waals surface area contributed by atoms with Crippen LogP contribution < -0.4 is 0 Å². The summed E-state index contributed by atoms with van der Waals surface area (Å²) in [7, 11) is 0. The van der Waals surface area contributed by atoms with E-state index in [1.807, 2.05) is 0 Å². The van der Waals surface area contributed by atoms with Crippen LogP contribution in [0.3, 0.4) is 0 Å². The van der Waals surface area contributed by atoms with Gasteiger partial charge in [0.05, 0.1) is 0 Å². The van der Waals surface area contributed by atoms with Gasteiger partial charge in [0, 0.05) is 0 Å². The zero-order valence-electron chi connectivity index (χ0n) is 17.3. The van der Waals surface area contributed by atoms with Gasteiger partial charge in [-0.2, -0.15) is 0 Å². The molecule has 0 aromatic carbocycles. The van der Waals surface area contributed by atoms with E-state index in [9.17, 15) is 0 Å². The highest BCUT2D eigenvalue weighted by molar-refractivity contribution is 4.89. The van der Waals surface area contributed by atoms with Gasteiger partial charge in [-0.05, 0) is 62.7 Å². The van der Waals surface area contributed by atoms with E-state index in [1.54, 1.807) is 0 Å². The van der Waals surface area contributed by atoms with Gasteiger partial charge in [0.1, 0.15) is 5.67 Å². The van der Waals surface area contributed by atoms with Crippen molar-refractivity contribution in [1.29, 1.82) is 0 Å². The molecule has 0 aliphatic heterocycles. The number of alkyl halides is 1. The van der Waals surface area contributed by atoms with Crippen LogP contribution in [0, 0.1) is 17.8 Å². The van der Waals surface area contributed by atoms with Crippen molar-refractivity contribution in [2.75, 3.05) is 0 Å². The molecule has 0 aromatic rings. The molecule has 2 saturated carbocycles. The Balaban J connectivity index is 1.60. The molecule has 0 radical (unpaired) electrons. The van der Waals surface area contributed by atoms with Gasteiger partial charge in [0.2, 0.25) is 0 Å². The van der Waals surface area contributed by atoms with E-state index in [1.165, 1.54) is 89.9 Å². The minimum absolute atomic E-state index is 0.805. The maximum absolute atomic E-state index is 15.1. The summed E-state index contributed by atoms with van der Waals surface area (Å²) >= 11 is 0. The highest BCUT2D eigenvalue weighted by Gasteiger charge is 2.38. The molecule has 0 saturated heterocycles. The number of hydrogen-bond donors (Lipinski definition) is 0. The minimum Gasteiger partial charge on any atom is -0.244 e. The highest BCUT2D eigenvalue weighted by Crippen LogP contribution is 2.45. The molecule has 0 spiro atoms. The number of unbranched alkanes of at least 4 members (excludes halogenated alkanes) is 6. The summed E-state index contributed by atoms with van der Waals surface area (Å²) < 4.78 is 15.1. The molecular formula is C24H45F. The van der Waals surface area contributed by atoms with E-state index in [0.717, 1.165) is 43.4 Å². The van der Waals surface area contributed by atoms with E-state index >= 15 is 4.39 Å². The van der Waals surface area contributed by atoms with E-state index in [2.05, 4.69) is 13.8 Å². The SMILES string of the molecule is CCCCCCCC1(F)CCC(C2CCC(CCCCC)CC2)CC1. The summed E-state index contributed by atoms with van der Waals surface area (Å²) in [6.07, 6.45) is 22.7. The van der Waals surface area contributed by atoms with Gasteiger partial charge in [-0.1, -0.05) is 84.5 Å². The second-order valence-electron chi connectivity index (χ2n) is 9.43. The lowest BCUT2D eigenvalue weighted by molar-refractivity contribution is 0.0455. The van der Waals surface area contributed by atoms with Crippen molar-refractivity contribution in [3.63, 3.8) is 0 Å². The van der Waals surface area contributed by atoms with Crippen molar-refractivity contribution in [3.05, 3.63) is 0 Å². The molecule has 2 rings (SSSR count). The van der Waals surface area contributed by atoms with Crippen molar-refractivity contribution in [1.82, 2.24) is 0 Å². The third-order valence-electron chi connectivity index (χ3n) is 7.43. The fourth-order valence-corrected chi connectivity index (χ4v) is 5.56. The van der Waals surface area contributed by atoms with Crippen molar-refractivity contribution in [2.24, 2.45) is 17.8 Å². The normalized spacial score (nSPS) is 33.5. The summed E-state index contributed by atoms with van der Waals surface area (Å²) in [5, 5.41) is 0. The third kappa shape index (κ3) is 7.59. The Bertz CT molecular complexity index is 321. The van der Waals surface area contributed by atoms with Gasteiger partial charge in [-0.15, -0.1) is 0 Å². The smallest absolute Gasteiger partial charge is 0.111 e. The average Bonchev–Trinajstić information content (AvgIpc) is 2.63. The first-order chi connectivity index (χ1) is 12.2. The number of rotatable bonds is 11. The van der Waals surface area contributed by atoms with Gasteiger partial charge >= 0.3 is 0 Å². The summed E-state index contributed by atoms with van der Waals surface area (Å²) in [6.45, 7) is 4.55. The largest absolute Gasteiger partial charge is 0.244 e.